The molecule has 18 heavy (non-hydrogen) atoms. The molecule has 0 atom stereocenters. The molecule has 0 aliphatic carbocycles. The summed E-state index contributed by atoms with van der Waals surface area (Å²) >= 11 is 12.0. The Morgan fingerprint density at radius 2 is 1.83 bits per heavy atom. The molecule has 0 saturated carbocycles. The molecule has 0 saturated heterocycles. The lowest BCUT2D eigenvalue weighted by Gasteiger charge is -2.07. The van der Waals surface area contributed by atoms with E-state index in [0.29, 0.717) is 10.2 Å². The van der Waals surface area contributed by atoms with Crippen molar-refractivity contribution in [2.75, 3.05) is 7.11 Å². The predicted molar refractivity (Wildman–Crippen MR) is 75.7 cm³/mol. The van der Waals surface area contributed by atoms with Crippen LogP contribution in [0.1, 0.15) is 5.56 Å². The van der Waals surface area contributed by atoms with Gasteiger partial charge in [0.1, 0.15) is 5.15 Å². The minimum Gasteiger partial charge on any atom is -0.504 e. The monoisotopic (exact) mass is 279 g/mol. The lowest BCUT2D eigenvalue weighted by molar-refractivity contribution is 0.341. The zero-order valence-corrected chi connectivity index (χ0v) is 11.2. The van der Waals surface area contributed by atoms with Crippen LogP contribution < -0.4 is 0 Å². The van der Waals surface area contributed by atoms with Gasteiger partial charge in [-0.3, -0.25) is 0 Å². The van der Waals surface area contributed by atoms with Gasteiger partial charge in [-0.15, -0.1) is 0 Å². The predicted octanol–water partition coefficient (Wildman–Crippen LogP) is 4.67. The Bertz CT molecular complexity index is 565. The molecule has 1 heterocycles. The molecule has 0 bridgehead atoms. The first-order chi connectivity index (χ1) is 8.72. The first kappa shape index (κ1) is 12.9. The van der Waals surface area contributed by atoms with E-state index in [2.05, 4.69) is 4.98 Å². The van der Waals surface area contributed by atoms with Crippen LogP contribution >= 0.6 is 23.2 Å². The molecular formula is C14H11Cl2NO. The molecule has 1 aromatic carbocycles. The van der Waals surface area contributed by atoms with Crippen molar-refractivity contribution in [3.05, 3.63) is 58.5 Å². The summed E-state index contributed by atoms with van der Waals surface area (Å²) in [6, 6.07) is 9.48. The Labute approximate surface area is 116 Å². The third kappa shape index (κ3) is 2.84. The highest BCUT2D eigenvalue weighted by Gasteiger charge is 2.07. The molecule has 0 fully saturated rings. The van der Waals surface area contributed by atoms with E-state index >= 15 is 0 Å². The van der Waals surface area contributed by atoms with Gasteiger partial charge in [-0.05, 0) is 35.4 Å². The molecule has 2 aromatic rings. The summed E-state index contributed by atoms with van der Waals surface area (Å²) in [5.74, 6) is 0. The molecule has 0 spiro atoms. The number of hydrogen-bond acceptors (Lipinski definition) is 2. The van der Waals surface area contributed by atoms with E-state index in [-0.39, 0.29) is 0 Å². The summed E-state index contributed by atoms with van der Waals surface area (Å²) < 4.78 is 4.92. The van der Waals surface area contributed by atoms with E-state index < -0.39 is 0 Å². The van der Waals surface area contributed by atoms with E-state index in [1.165, 1.54) is 0 Å². The molecule has 92 valence electrons. The molecule has 0 N–H and O–H groups in total. The molecule has 0 unspecified atom stereocenters. The average molecular weight is 280 g/mol. The number of ether oxygens (including phenoxy) is 1. The van der Waals surface area contributed by atoms with Crippen LogP contribution in [0.25, 0.3) is 17.2 Å². The third-order valence-corrected chi connectivity index (χ3v) is 3.02. The lowest BCUT2D eigenvalue weighted by atomic mass is 10.0. The molecular weight excluding hydrogens is 269 g/mol. The van der Waals surface area contributed by atoms with Crippen molar-refractivity contribution in [1.82, 2.24) is 4.98 Å². The maximum atomic E-state index is 6.10. The highest BCUT2D eigenvalue weighted by molar-refractivity contribution is 6.31. The Balaban J connectivity index is 2.53. The first-order valence-electron chi connectivity index (χ1n) is 5.32. The van der Waals surface area contributed by atoms with Crippen LogP contribution in [-0.4, -0.2) is 12.1 Å². The zero-order chi connectivity index (χ0) is 13.0. The summed E-state index contributed by atoms with van der Waals surface area (Å²) in [6.07, 6.45) is 5.04. The molecule has 4 heteroatoms. The quantitative estimate of drug-likeness (QED) is 0.602. The lowest BCUT2D eigenvalue weighted by Crippen LogP contribution is -1.87. The third-order valence-electron chi connectivity index (χ3n) is 2.47. The van der Waals surface area contributed by atoms with Crippen molar-refractivity contribution < 1.29 is 4.74 Å². The van der Waals surface area contributed by atoms with Gasteiger partial charge >= 0.3 is 0 Å². The minimum absolute atomic E-state index is 0.441. The number of rotatable bonds is 3. The van der Waals surface area contributed by atoms with Crippen molar-refractivity contribution in [3.63, 3.8) is 0 Å². The Hall–Kier alpha value is -1.51. The van der Waals surface area contributed by atoms with Crippen LogP contribution in [0.15, 0.2) is 42.8 Å². The van der Waals surface area contributed by atoms with Crippen molar-refractivity contribution in [3.8, 4) is 11.1 Å². The Morgan fingerprint density at radius 1 is 1.11 bits per heavy atom. The van der Waals surface area contributed by atoms with E-state index in [1.807, 2.05) is 30.3 Å². The SMILES string of the molecule is CO/C=C/c1c(-c2ccc(Cl)cc2)ccnc1Cl. The van der Waals surface area contributed by atoms with Crippen LogP contribution in [0.2, 0.25) is 10.2 Å². The van der Waals surface area contributed by atoms with Crippen molar-refractivity contribution in [1.29, 1.82) is 0 Å². The van der Waals surface area contributed by atoms with Crippen molar-refractivity contribution in [2.24, 2.45) is 0 Å². The molecule has 1 aromatic heterocycles. The van der Waals surface area contributed by atoms with E-state index in [4.69, 9.17) is 27.9 Å². The van der Waals surface area contributed by atoms with Crippen LogP contribution in [-0.2, 0) is 4.74 Å². The standard InChI is InChI=1S/C14H11Cl2NO/c1-18-9-7-13-12(6-8-17-14(13)16)10-2-4-11(15)5-3-10/h2-9H,1H3/b9-7+. The topological polar surface area (TPSA) is 22.1 Å². The maximum absolute atomic E-state index is 6.10. The summed E-state index contributed by atoms with van der Waals surface area (Å²) in [6.45, 7) is 0. The highest BCUT2D eigenvalue weighted by Crippen LogP contribution is 2.29. The van der Waals surface area contributed by atoms with Crippen LogP contribution in [0.4, 0.5) is 0 Å². The van der Waals surface area contributed by atoms with E-state index in [9.17, 15) is 0 Å². The van der Waals surface area contributed by atoms with Gasteiger partial charge in [-0.2, -0.15) is 0 Å². The number of benzene rings is 1. The fourth-order valence-corrected chi connectivity index (χ4v) is 1.97. The van der Waals surface area contributed by atoms with Gasteiger partial charge in [0.2, 0.25) is 0 Å². The van der Waals surface area contributed by atoms with Gasteiger partial charge in [0.15, 0.2) is 0 Å². The van der Waals surface area contributed by atoms with Gasteiger partial charge in [0.05, 0.1) is 13.4 Å². The minimum atomic E-state index is 0.441. The second kappa shape index (κ2) is 5.89. The molecule has 0 aliphatic heterocycles. The van der Waals surface area contributed by atoms with Gasteiger partial charge in [-0.25, -0.2) is 4.98 Å². The second-order valence-electron chi connectivity index (χ2n) is 3.61. The highest BCUT2D eigenvalue weighted by atomic mass is 35.5. The van der Waals surface area contributed by atoms with E-state index in [0.717, 1.165) is 16.7 Å². The second-order valence-corrected chi connectivity index (χ2v) is 4.40. The normalized spacial score (nSPS) is 10.8. The summed E-state index contributed by atoms with van der Waals surface area (Å²) in [7, 11) is 1.59. The molecule has 2 rings (SSSR count). The van der Waals surface area contributed by atoms with Crippen molar-refractivity contribution in [2.45, 2.75) is 0 Å². The van der Waals surface area contributed by atoms with Crippen LogP contribution in [0.3, 0.4) is 0 Å². The Morgan fingerprint density at radius 3 is 2.50 bits per heavy atom. The number of pyridine rings is 1. The molecule has 2 nitrogen and oxygen atoms in total. The first-order valence-corrected chi connectivity index (χ1v) is 6.08. The largest absolute Gasteiger partial charge is 0.504 e. The molecule has 0 aliphatic rings. The van der Waals surface area contributed by atoms with Crippen molar-refractivity contribution >= 4 is 29.3 Å². The molecule has 0 radical (unpaired) electrons. The summed E-state index contributed by atoms with van der Waals surface area (Å²) in [5, 5.41) is 1.14. The number of methoxy groups -OCH3 is 1. The fraction of sp³-hybridized carbons (Fsp3) is 0.0714. The van der Waals surface area contributed by atoms with Crippen LogP contribution in [0.5, 0.6) is 0 Å². The van der Waals surface area contributed by atoms with Gasteiger partial charge in [-0.1, -0.05) is 35.3 Å². The molecule has 0 amide bonds. The van der Waals surface area contributed by atoms with Crippen LogP contribution in [0, 0.1) is 0 Å². The average Bonchev–Trinajstić information content (AvgIpc) is 2.38. The smallest absolute Gasteiger partial charge is 0.136 e. The summed E-state index contributed by atoms with van der Waals surface area (Å²) in [4.78, 5) is 4.07. The van der Waals surface area contributed by atoms with Gasteiger partial charge in [0.25, 0.3) is 0 Å². The van der Waals surface area contributed by atoms with Gasteiger partial charge in [0, 0.05) is 16.8 Å². The van der Waals surface area contributed by atoms with E-state index in [1.54, 1.807) is 25.6 Å². The number of nitrogens with zero attached hydrogens (tertiary/aromatic N) is 1. The van der Waals surface area contributed by atoms with Gasteiger partial charge < -0.3 is 4.74 Å². The maximum Gasteiger partial charge on any atom is 0.136 e. The Kier molecular flexibility index (Phi) is 4.24. The number of hydrogen-bond donors (Lipinski definition) is 0. The fourth-order valence-electron chi connectivity index (χ4n) is 1.62. The number of halogens is 2. The summed E-state index contributed by atoms with van der Waals surface area (Å²) in [5.41, 5.74) is 2.84. The number of aromatic nitrogens is 1. The zero-order valence-electron chi connectivity index (χ0n) is 9.73.